The van der Waals surface area contributed by atoms with Gasteiger partial charge in [0.1, 0.15) is 11.6 Å². The van der Waals surface area contributed by atoms with Crippen LogP contribution in [0.5, 0.6) is 5.75 Å². The van der Waals surface area contributed by atoms with Crippen LogP contribution in [0.4, 0.5) is 4.39 Å². The lowest BCUT2D eigenvalue weighted by atomic mass is 9.98. The first-order valence-electron chi connectivity index (χ1n) is 6.45. The molecular formula is C16H17BrFNO. The van der Waals surface area contributed by atoms with Crippen molar-refractivity contribution in [3.63, 3.8) is 0 Å². The van der Waals surface area contributed by atoms with Gasteiger partial charge in [0.15, 0.2) is 0 Å². The summed E-state index contributed by atoms with van der Waals surface area (Å²) in [5.74, 6) is 0.364. The molecular weight excluding hydrogens is 321 g/mol. The molecule has 0 bridgehead atoms. The highest BCUT2D eigenvalue weighted by molar-refractivity contribution is 9.10. The monoisotopic (exact) mass is 337 g/mol. The molecule has 1 atom stereocenters. The van der Waals surface area contributed by atoms with Gasteiger partial charge in [-0.2, -0.15) is 0 Å². The summed E-state index contributed by atoms with van der Waals surface area (Å²) in [6.07, 6.45) is 0.0399. The molecule has 2 N–H and O–H groups in total. The average molecular weight is 338 g/mol. The van der Waals surface area contributed by atoms with E-state index in [4.69, 9.17) is 10.5 Å². The molecule has 2 aromatic carbocycles. The maximum absolute atomic E-state index is 14.0. The van der Waals surface area contributed by atoms with Gasteiger partial charge in [0.2, 0.25) is 0 Å². The topological polar surface area (TPSA) is 35.2 Å². The second-order valence-corrected chi connectivity index (χ2v) is 5.76. The largest absolute Gasteiger partial charge is 0.491 e. The van der Waals surface area contributed by atoms with Gasteiger partial charge in [-0.1, -0.05) is 40.2 Å². The molecule has 0 spiro atoms. The molecule has 2 rings (SSSR count). The minimum absolute atomic E-state index is 0.0399. The molecule has 106 valence electrons. The fraction of sp³-hybridized carbons (Fsp3) is 0.250. The van der Waals surface area contributed by atoms with Crippen molar-refractivity contribution in [2.24, 2.45) is 5.73 Å². The molecule has 0 aliphatic carbocycles. The maximum Gasteiger partial charge on any atom is 0.129 e. The molecule has 0 saturated heterocycles. The molecule has 1 unspecified atom stereocenters. The van der Waals surface area contributed by atoms with E-state index in [-0.39, 0.29) is 11.9 Å². The van der Waals surface area contributed by atoms with E-state index in [1.807, 2.05) is 38.1 Å². The molecule has 0 saturated carbocycles. The Bertz CT molecular complexity index is 601. The van der Waals surface area contributed by atoms with Gasteiger partial charge in [-0.25, -0.2) is 4.39 Å². The van der Waals surface area contributed by atoms with Crippen LogP contribution in [-0.2, 0) is 0 Å². The Labute approximate surface area is 126 Å². The van der Waals surface area contributed by atoms with E-state index in [9.17, 15) is 4.39 Å². The molecule has 20 heavy (non-hydrogen) atoms. The summed E-state index contributed by atoms with van der Waals surface area (Å²) in [7, 11) is 0. The zero-order valence-electron chi connectivity index (χ0n) is 11.4. The number of rotatable bonds is 4. The van der Waals surface area contributed by atoms with Gasteiger partial charge < -0.3 is 10.5 Å². The number of hydrogen-bond acceptors (Lipinski definition) is 2. The van der Waals surface area contributed by atoms with Crippen LogP contribution in [0.15, 0.2) is 46.9 Å². The highest BCUT2D eigenvalue weighted by Crippen LogP contribution is 2.31. The van der Waals surface area contributed by atoms with E-state index in [2.05, 4.69) is 15.9 Å². The quantitative estimate of drug-likeness (QED) is 0.895. The average Bonchev–Trinajstić information content (AvgIpc) is 2.38. The molecule has 0 aliphatic heterocycles. The van der Waals surface area contributed by atoms with Crippen molar-refractivity contribution in [1.29, 1.82) is 0 Å². The zero-order chi connectivity index (χ0) is 14.7. The van der Waals surface area contributed by atoms with Gasteiger partial charge >= 0.3 is 0 Å². The predicted octanol–water partition coefficient (Wildman–Crippen LogP) is 4.42. The Kier molecular flexibility index (Phi) is 4.78. The molecule has 0 fully saturated rings. The van der Waals surface area contributed by atoms with Crippen LogP contribution in [0.2, 0.25) is 0 Å². The minimum Gasteiger partial charge on any atom is -0.491 e. The minimum atomic E-state index is -0.557. The Morgan fingerprint density at radius 2 is 1.80 bits per heavy atom. The van der Waals surface area contributed by atoms with Crippen LogP contribution in [0.1, 0.15) is 31.0 Å². The number of benzene rings is 2. The zero-order valence-corrected chi connectivity index (χ0v) is 13.0. The van der Waals surface area contributed by atoms with Gasteiger partial charge in [-0.15, -0.1) is 0 Å². The lowest BCUT2D eigenvalue weighted by molar-refractivity contribution is 0.239. The summed E-state index contributed by atoms with van der Waals surface area (Å²) in [4.78, 5) is 0. The molecule has 0 heterocycles. The number of nitrogens with two attached hydrogens (primary N) is 1. The van der Waals surface area contributed by atoms with Crippen molar-refractivity contribution < 1.29 is 9.13 Å². The molecule has 0 amide bonds. The van der Waals surface area contributed by atoms with Gasteiger partial charge in [-0.3, -0.25) is 0 Å². The summed E-state index contributed by atoms with van der Waals surface area (Å²) in [6.45, 7) is 3.89. The first-order valence-corrected chi connectivity index (χ1v) is 7.24. The third-order valence-electron chi connectivity index (χ3n) is 2.91. The lowest BCUT2D eigenvalue weighted by Crippen LogP contribution is -2.16. The second-order valence-electron chi connectivity index (χ2n) is 4.85. The van der Waals surface area contributed by atoms with E-state index < -0.39 is 6.04 Å². The Balaban J connectivity index is 2.40. The standard InChI is InChI=1S/C16H17BrFNO/c1-10(2)20-15-6-4-3-5-13(15)16(19)12-8-7-11(17)9-14(12)18/h3-10,16H,19H2,1-2H3. The van der Waals surface area contributed by atoms with Gasteiger partial charge in [-0.05, 0) is 32.0 Å². The summed E-state index contributed by atoms with van der Waals surface area (Å²) in [6, 6.07) is 11.8. The summed E-state index contributed by atoms with van der Waals surface area (Å²) >= 11 is 3.24. The number of para-hydroxylation sites is 1. The normalized spacial score (nSPS) is 12.5. The Hall–Kier alpha value is -1.39. The third-order valence-corrected chi connectivity index (χ3v) is 3.41. The fourth-order valence-electron chi connectivity index (χ4n) is 2.02. The van der Waals surface area contributed by atoms with Crippen LogP contribution >= 0.6 is 15.9 Å². The van der Waals surface area contributed by atoms with Crippen LogP contribution < -0.4 is 10.5 Å². The molecule has 4 heteroatoms. The van der Waals surface area contributed by atoms with E-state index in [0.717, 1.165) is 5.56 Å². The van der Waals surface area contributed by atoms with Crippen molar-refractivity contribution in [1.82, 2.24) is 0 Å². The lowest BCUT2D eigenvalue weighted by Gasteiger charge is -2.19. The van der Waals surface area contributed by atoms with E-state index in [1.165, 1.54) is 6.07 Å². The van der Waals surface area contributed by atoms with Crippen LogP contribution in [0.25, 0.3) is 0 Å². The molecule has 0 radical (unpaired) electrons. The SMILES string of the molecule is CC(C)Oc1ccccc1C(N)c1ccc(Br)cc1F. The maximum atomic E-state index is 14.0. The van der Waals surface area contributed by atoms with Crippen LogP contribution in [0.3, 0.4) is 0 Å². The summed E-state index contributed by atoms with van der Waals surface area (Å²) in [5, 5.41) is 0. The molecule has 0 aromatic heterocycles. The molecule has 2 nitrogen and oxygen atoms in total. The van der Waals surface area contributed by atoms with Crippen LogP contribution in [0, 0.1) is 5.82 Å². The third kappa shape index (κ3) is 3.38. The van der Waals surface area contributed by atoms with Gasteiger partial charge in [0.05, 0.1) is 12.1 Å². The van der Waals surface area contributed by atoms with Gasteiger partial charge in [0, 0.05) is 15.6 Å². The smallest absolute Gasteiger partial charge is 0.129 e. The number of halogens is 2. The Morgan fingerprint density at radius 1 is 1.10 bits per heavy atom. The van der Waals surface area contributed by atoms with Crippen molar-refractivity contribution in [3.8, 4) is 5.75 Å². The van der Waals surface area contributed by atoms with Crippen molar-refractivity contribution in [2.45, 2.75) is 26.0 Å². The van der Waals surface area contributed by atoms with Gasteiger partial charge in [0.25, 0.3) is 0 Å². The highest BCUT2D eigenvalue weighted by atomic mass is 79.9. The first kappa shape index (κ1) is 15.0. The molecule has 0 aliphatic rings. The number of ether oxygens (including phenoxy) is 1. The second kappa shape index (κ2) is 6.37. The highest BCUT2D eigenvalue weighted by Gasteiger charge is 2.18. The van der Waals surface area contributed by atoms with E-state index >= 15 is 0 Å². The van der Waals surface area contributed by atoms with Crippen molar-refractivity contribution >= 4 is 15.9 Å². The van der Waals surface area contributed by atoms with Crippen LogP contribution in [-0.4, -0.2) is 6.10 Å². The summed E-state index contributed by atoms with van der Waals surface area (Å²) in [5.41, 5.74) is 7.44. The number of hydrogen-bond donors (Lipinski definition) is 1. The summed E-state index contributed by atoms with van der Waals surface area (Å²) < 4.78 is 20.5. The molecule has 2 aromatic rings. The van der Waals surface area contributed by atoms with E-state index in [0.29, 0.717) is 15.8 Å². The van der Waals surface area contributed by atoms with E-state index in [1.54, 1.807) is 12.1 Å². The Morgan fingerprint density at radius 3 is 2.45 bits per heavy atom. The fourth-order valence-corrected chi connectivity index (χ4v) is 2.35. The van der Waals surface area contributed by atoms with Crippen molar-refractivity contribution in [2.75, 3.05) is 0 Å². The van der Waals surface area contributed by atoms with Crippen molar-refractivity contribution in [3.05, 3.63) is 63.9 Å². The predicted molar refractivity (Wildman–Crippen MR) is 82.3 cm³/mol. The first-order chi connectivity index (χ1) is 9.49.